The van der Waals surface area contributed by atoms with Gasteiger partial charge in [0, 0.05) is 36.3 Å². The Bertz CT molecular complexity index is 962. The highest BCUT2D eigenvalue weighted by molar-refractivity contribution is 5.90. The van der Waals surface area contributed by atoms with Gasteiger partial charge in [0.15, 0.2) is 5.82 Å². The van der Waals surface area contributed by atoms with Crippen LogP contribution < -0.4 is 10.6 Å². The van der Waals surface area contributed by atoms with Crippen LogP contribution in [0.4, 0.5) is 17.2 Å². The molecule has 1 saturated carbocycles. The first kappa shape index (κ1) is 20.1. The Hall–Kier alpha value is -3.22. The molecule has 2 heterocycles. The number of aryl methyl sites for hydroxylation is 1. The van der Waals surface area contributed by atoms with Crippen LogP contribution in [0.3, 0.4) is 0 Å². The predicted molar refractivity (Wildman–Crippen MR) is 118 cm³/mol. The molecule has 0 saturated heterocycles. The molecule has 1 amide bonds. The summed E-state index contributed by atoms with van der Waals surface area (Å²) in [6.45, 7) is 1.85. The highest BCUT2D eigenvalue weighted by atomic mass is 16.1. The summed E-state index contributed by atoms with van der Waals surface area (Å²) in [7, 11) is 0. The molecule has 7 nitrogen and oxygen atoms in total. The molecule has 1 aliphatic rings. The van der Waals surface area contributed by atoms with Gasteiger partial charge in [-0.15, -0.1) is 0 Å². The van der Waals surface area contributed by atoms with E-state index in [9.17, 15) is 4.79 Å². The van der Waals surface area contributed by atoms with Crippen molar-refractivity contribution in [2.45, 2.75) is 51.9 Å². The second kappa shape index (κ2) is 9.52. The topological polar surface area (TPSA) is 84.7 Å². The number of carbonyl (C=O) groups is 1. The molecule has 0 spiro atoms. The molecule has 0 radical (unpaired) electrons. The number of benzene rings is 1. The van der Waals surface area contributed by atoms with Gasteiger partial charge in [0.2, 0.25) is 5.91 Å². The molecule has 0 unspecified atom stereocenters. The molecule has 1 aromatic carbocycles. The van der Waals surface area contributed by atoms with E-state index < -0.39 is 0 Å². The normalized spacial score (nSPS) is 14.4. The largest absolute Gasteiger partial charge is 0.340 e. The molecular formula is C23H28N6O. The van der Waals surface area contributed by atoms with Crippen molar-refractivity contribution in [3.63, 3.8) is 0 Å². The Morgan fingerprint density at radius 1 is 1.10 bits per heavy atom. The zero-order valence-electron chi connectivity index (χ0n) is 17.3. The quantitative estimate of drug-likeness (QED) is 0.578. The smallest absolute Gasteiger partial charge is 0.224 e. The Kier molecular flexibility index (Phi) is 6.37. The number of nitrogens with zero attached hydrogens (tertiary/aromatic N) is 4. The molecule has 30 heavy (non-hydrogen) atoms. The third-order valence-corrected chi connectivity index (χ3v) is 5.51. The minimum absolute atomic E-state index is 0.0940. The lowest BCUT2D eigenvalue weighted by Crippen LogP contribution is -2.14. The molecule has 0 atom stereocenters. The van der Waals surface area contributed by atoms with Crippen LogP contribution in [0.1, 0.15) is 50.8 Å². The summed E-state index contributed by atoms with van der Waals surface area (Å²) >= 11 is 0. The zero-order valence-corrected chi connectivity index (χ0v) is 17.3. The van der Waals surface area contributed by atoms with Crippen molar-refractivity contribution in [1.82, 2.24) is 19.7 Å². The minimum atomic E-state index is 0.0940. The van der Waals surface area contributed by atoms with Crippen LogP contribution in [0.15, 0.2) is 48.8 Å². The van der Waals surface area contributed by atoms with Gasteiger partial charge in [-0.25, -0.2) is 14.6 Å². The number of anilines is 3. The van der Waals surface area contributed by atoms with Crippen molar-refractivity contribution in [2.75, 3.05) is 10.6 Å². The number of aromatic nitrogens is 4. The van der Waals surface area contributed by atoms with Crippen molar-refractivity contribution in [1.29, 1.82) is 0 Å². The first-order valence-electron chi connectivity index (χ1n) is 10.7. The van der Waals surface area contributed by atoms with Crippen LogP contribution in [-0.2, 0) is 4.79 Å². The maximum atomic E-state index is 12.3. The first-order valence-corrected chi connectivity index (χ1v) is 10.7. The van der Waals surface area contributed by atoms with Gasteiger partial charge in [-0.05, 0) is 49.6 Å². The first-order chi connectivity index (χ1) is 14.7. The van der Waals surface area contributed by atoms with Gasteiger partial charge in [0.05, 0.1) is 0 Å². The van der Waals surface area contributed by atoms with Gasteiger partial charge in [0.25, 0.3) is 0 Å². The number of hydrogen-bond acceptors (Lipinski definition) is 5. The molecule has 3 aromatic rings. The minimum Gasteiger partial charge on any atom is -0.340 e. The second-order valence-electron chi connectivity index (χ2n) is 7.90. The fourth-order valence-electron chi connectivity index (χ4n) is 3.96. The van der Waals surface area contributed by atoms with E-state index in [1.165, 1.54) is 32.1 Å². The molecular weight excluding hydrogens is 376 g/mol. The molecule has 0 bridgehead atoms. The number of rotatable bonds is 7. The Morgan fingerprint density at radius 3 is 2.60 bits per heavy atom. The molecule has 1 aliphatic carbocycles. The molecule has 156 valence electrons. The number of carbonyl (C=O) groups excluding carboxylic acids is 1. The van der Waals surface area contributed by atoms with E-state index in [1.54, 1.807) is 10.9 Å². The fraction of sp³-hybridized carbons (Fsp3) is 0.391. The number of amides is 1. The monoisotopic (exact) mass is 404 g/mol. The third kappa shape index (κ3) is 5.43. The maximum Gasteiger partial charge on any atom is 0.224 e. The van der Waals surface area contributed by atoms with Crippen LogP contribution >= 0.6 is 0 Å². The van der Waals surface area contributed by atoms with Gasteiger partial charge in [-0.2, -0.15) is 5.10 Å². The Balaban J connectivity index is 1.33. The van der Waals surface area contributed by atoms with E-state index in [0.717, 1.165) is 23.7 Å². The molecule has 7 heteroatoms. The van der Waals surface area contributed by atoms with E-state index in [4.69, 9.17) is 0 Å². The van der Waals surface area contributed by atoms with Gasteiger partial charge in [0.1, 0.15) is 11.6 Å². The molecule has 2 N–H and O–H groups in total. The van der Waals surface area contributed by atoms with Crippen molar-refractivity contribution in [3.05, 3.63) is 54.6 Å². The molecule has 2 aromatic heterocycles. The average molecular weight is 405 g/mol. The summed E-state index contributed by atoms with van der Waals surface area (Å²) in [5.41, 5.74) is 1.70. The van der Waals surface area contributed by atoms with Gasteiger partial charge in [-0.1, -0.05) is 32.1 Å². The molecule has 1 fully saturated rings. The lowest BCUT2D eigenvalue weighted by molar-refractivity contribution is -0.116. The summed E-state index contributed by atoms with van der Waals surface area (Å²) in [6.07, 6.45) is 11.7. The lowest BCUT2D eigenvalue weighted by Gasteiger charge is -2.21. The van der Waals surface area contributed by atoms with Crippen LogP contribution in [0.2, 0.25) is 0 Å². The van der Waals surface area contributed by atoms with Gasteiger partial charge in [-0.3, -0.25) is 4.79 Å². The fourth-order valence-corrected chi connectivity index (χ4v) is 3.96. The van der Waals surface area contributed by atoms with E-state index in [-0.39, 0.29) is 5.91 Å². The lowest BCUT2D eigenvalue weighted by atomic mass is 9.86. The van der Waals surface area contributed by atoms with Crippen LogP contribution in [0, 0.1) is 12.8 Å². The highest BCUT2D eigenvalue weighted by Crippen LogP contribution is 2.27. The second-order valence-corrected chi connectivity index (χ2v) is 7.90. The van der Waals surface area contributed by atoms with E-state index in [1.807, 2.05) is 49.5 Å². The molecule has 4 rings (SSSR count). The Morgan fingerprint density at radius 2 is 1.87 bits per heavy atom. The predicted octanol–water partition coefficient (Wildman–Crippen LogP) is 5.01. The van der Waals surface area contributed by atoms with E-state index >= 15 is 0 Å². The maximum absolute atomic E-state index is 12.3. The van der Waals surface area contributed by atoms with Crippen LogP contribution in [0.25, 0.3) is 5.82 Å². The Labute approximate surface area is 176 Å². The SMILES string of the molecule is Cc1nc(Nc2ccc(NC(=O)CCC3CCCCC3)cc2)cc(-n2cccn2)n1. The highest BCUT2D eigenvalue weighted by Gasteiger charge is 2.15. The van der Waals surface area contributed by atoms with Crippen LogP contribution in [-0.4, -0.2) is 25.7 Å². The summed E-state index contributed by atoms with van der Waals surface area (Å²) in [6, 6.07) is 11.4. The van der Waals surface area contributed by atoms with Crippen molar-refractivity contribution >= 4 is 23.1 Å². The summed E-state index contributed by atoms with van der Waals surface area (Å²) in [5, 5.41) is 10.5. The van der Waals surface area contributed by atoms with Crippen LogP contribution in [0.5, 0.6) is 0 Å². The summed E-state index contributed by atoms with van der Waals surface area (Å²) in [5.74, 6) is 2.87. The third-order valence-electron chi connectivity index (χ3n) is 5.51. The number of hydrogen-bond donors (Lipinski definition) is 2. The van der Waals surface area contributed by atoms with Gasteiger partial charge >= 0.3 is 0 Å². The number of nitrogens with one attached hydrogen (secondary N) is 2. The molecule has 0 aliphatic heterocycles. The summed E-state index contributed by atoms with van der Waals surface area (Å²) < 4.78 is 1.70. The van der Waals surface area contributed by atoms with Crippen molar-refractivity contribution in [3.8, 4) is 5.82 Å². The average Bonchev–Trinajstić information content (AvgIpc) is 3.29. The zero-order chi connectivity index (χ0) is 20.8. The van der Waals surface area contributed by atoms with Gasteiger partial charge < -0.3 is 10.6 Å². The van der Waals surface area contributed by atoms with Crippen molar-refractivity contribution < 1.29 is 4.79 Å². The van der Waals surface area contributed by atoms with E-state index in [0.29, 0.717) is 23.9 Å². The summed E-state index contributed by atoms with van der Waals surface area (Å²) in [4.78, 5) is 21.1. The van der Waals surface area contributed by atoms with E-state index in [2.05, 4.69) is 25.7 Å². The standard InChI is InChI=1S/C23H28N6O/c1-17-25-21(16-22(26-17)29-15-5-14-24-29)27-19-9-11-20(12-10-19)28-23(30)13-8-18-6-3-2-4-7-18/h5,9-12,14-16,18H,2-4,6-8,13H2,1H3,(H,28,30)(H,25,26,27). The van der Waals surface area contributed by atoms with Crippen molar-refractivity contribution in [2.24, 2.45) is 5.92 Å².